The molecular formula is C19H17F3N2O. The Labute approximate surface area is 143 Å². The lowest BCUT2D eigenvalue weighted by atomic mass is 9.76. The molecule has 2 amide bonds. The fraction of sp³-hybridized carbons (Fsp3) is 0.211. The molecule has 25 heavy (non-hydrogen) atoms. The summed E-state index contributed by atoms with van der Waals surface area (Å²) in [7, 11) is 0. The molecule has 0 saturated carbocycles. The van der Waals surface area contributed by atoms with Crippen LogP contribution in [0.25, 0.3) is 0 Å². The van der Waals surface area contributed by atoms with Crippen molar-refractivity contribution >= 4 is 11.7 Å². The van der Waals surface area contributed by atoms with Crippen LogP contribution in [-0.4, -0.2) is 23.9 Å². The molecule has 0 saturated heterocycles. The van der Waals surface area contributed by atoms with Gasteiger partial charge in [0.2, 0.25) is 0 Å². The second-order valence-electron chi connectivity index (χ2n) is 5.84. The standard InChI is InChI=1S/C19H17F3N2O/c1-2-10-19(13-6-4-3-5-7-13)15-11-14(20)8-9-16(15)23-18(25)24(19)12-17(21)22/h2-9,11,17H,1,10,12H2,(H,23,25). The van der Waals surface area contributed by atoms with Gasteiger partial charge in [0.1, 0.15) is 11.4 Å². The van der Waals surface area contributed by atoms with E-state index < -0.39 is 30.4 Å². The Morgan fingerprint density at radius 1 is 1.20 bits per heavy atom. The van der Waals surface area contributed by atoms with Crippen LogP contribution in [0.2, 0.25) is 0 Å². The Hall–Kier alpha value is -2.76. The number of hydrogen-bond acceptors (Lipinski definition) is 1. The first-order chi connectivity index (χ1) is 12.0. The van der Waals surface area contributed by atoms with E-state index in [0.717, 1.165) is 4.90 Å². The van der Waals surface area contributed by atoms with Gasteiger partial charge in [-0.1, -0.05) is 36.4 Å². The lowest BCUT2D eigenvalue weighted by Crippen LogP contribution is -2.56. The van der Waals surface area contributed by atoms with Crippen molar-refractivity contribution < 1.29 is 18.0 Å². The van der Waals surface area contributed by atoms with E-state index in [4.69, 9.17) is 0 Å². The Morgan fingerprint density at radius 2 is 1.92 bits per heavy atom. The molecule has 0 aliphatic carbocycles. The van der Waals surface area contributed by atoms with Gasteiger partial charge in [0.05, 0.1) is 6.54 Å². The number of nitrogens with one attached hydrogen (secondary N) is 1. The number of alkyl halides is 2. The summed E-state index contributed by atoms with van der Waals surface area (Å²) in [6, 6.07) is 12.1. The molecule has 2 aromatic rings. The summed E-state index contributed by atoms with van der Waals surface area (Å²) in [5.41, 5.74) is 0.206. The van der Waals surface area contributed by atoms with Gasteiger partial charge >= 0.3 is 6.03 Å². The van der Waals surface area contributed by atoms with Crippen LogP contribution in [0.15, 0.2) is 61.2 Å². The van der Waals surface area contributed by atoms with E-state index >= 15 is 0 Å². The number of nitrogens with zero attached hydrogens (tertiary/aromatic N) is 1. The van der Waals surface area contributed by atoms with Crippen LogP contribution in [0.5, 0.6) is 0 Å². The smallest absolute Gasteiger partial charge is 0.307 e. The highest BCUT2D eigenvalue weighted by Gasteiger charge is 2.47. The molecule has 130 valence electrons. The minimum atomic E-state index is -2.73. The van der Waals surface area contributed by atoms with Gasteiger partial charge in [0.25, 0.3) is 6.43 Å². The van der Waals surface area contributed by atoms with Crippen molar-refractivity contribution in [1.82, 2.24) is 4.90 Å². The average Bonchev–Trinajstić information content (AvgIpc) is 2.59. The predicted molar refractivity (Wildman–Crippen MR) is 90.2 cm³/mol. The van der Waals surface area contributed by atoms with E-state index in [1.165, 1.54) is 18.2 Å². The highest BCUT2D eigenvalue weighted by Crippen LogP contribution is 2.46. The third-order valence-corrected chi connectivity index (χ3v) is 4.39. The Bertz CT molecular complexity index is 795. The van der Waals surface area contributed by atoms with Crippen LogP contribution in [0.1, 0.15) is 17.5 Å². The molecule has 1 atom stereocenters. The average molecular weight is 346 g/mol. The third kappa shape index (κ3) is 2.88. The highest BCUT2D eigenvalue weighted by molar-refractivity contribution is 5.94. The van der Waals surface area contributed by atoms with Crippen molar-refractivity contribution in [2.75, 3.05) is 11.9 Å². The minimum Gasteiger partial charge on any atom is -0.307 e. The van der Waals surface area contributed by atoms with Gasteiger partial charge in [-0.3, -0.25) is 0 Å². The summed E-state index contributed by atoms with van der Waals surface area (Å²) in [5, 5.41) is 2.58. The third-order valence-electron chi connectivity index (χ3n) is 4.39. The van der Waals surface area contributed by atoms with Crippen molar-refractivity contribution in [1.29, 1.82) is 0 Å². The van der Waals surface area contributed by atoms with E-state index in [1.807, 2.05) is 0 Å². The molecule has 2 aromatic carbocycles. The van der Waals surface area contributed by atoms with Gasteiger partial charge in [-0.25, -0.2) is 18.0 Å². The molecule has 3 nitrogen and oxygen atoms in total. The van der Waals surface area contributed by atoms with Crippen LogP contribution >= 0.6 is 0 Å². The molecule has 0 radical (unpaired) electrons. The zero-order chi connectivity index (χ0) is 18.0. The van der Waals surface area contributed by atoms with E-state index in [-0.39, 0.29) is 6.42 Å². The zero-order valence-corrected chi connectivity index (χ0v) is 13.4. The fourth-order valence-electron chi connectivity index (χ4n) is 3.42. The van der Waals surface area contributed by atoms with Crippen molar-refractivity contribution in [3.63, 3.8) is 0 Å². The SMILES string of the molecule is C=CCC1(c2ccccc2)c2cc(F)ccc2NC(=O)N1CC(F)F. The molecule has 0 bridgehead atoms. The maximum atomic E-state index is 14.0. The maximum Gasteiger partial charge on any atom is 0.323 e. The van der Waals surface area contributed by atoms with Gasteiger partial charge in [-0.2, -0.15) is 0 Å². The number of anilines is 1. The summed E-state index contributed by atoms with van der Waals surface area (Å²) in [6.45, 7) is 2.95. The lowest BCUT2D eigenvalue weighted by molar-refractivity contribution is 0.0597. The number of urea groups is 1. The van der Waals surface area contributed by atoms with Gasteiger partial charge in [-0.05, 0) is 30.2 Å². The number of carbonyl (C=O) groups is 1. The second kappa shape index (κ2) is 6.63. The molecule has 0 aromatic heterocycles. The number of carbonyl (C=O) groups excluding carboxylic acids is 1. The van der Waals surface area contributed by atoms with Crippen molar-refractivity contribution in [3.05, 3.63) is 78.1 Å². The molecule has 1 aliphatic rings. The second-order valence-corrected chi connectivity index (χ2v) is 5.84. The molecule has 1 aliphatic heterocycles. The summed E-state index contributed by atoms with van der Waals surface area (Å²) >= 11 is 0. The number of halogens is 3. The van der Waals surface area contributed by atoms with Crippen molar-refractivity contribution in [3.8, 4) is 0 Å². The summed E-state index contributed by atoms with van der Waals surface area (Å²) in [5.74, 6) is -0.503. The number of fused-ring (bicyclic) bond motifs is 1. The van der Waals surface area contributed by atoms with Crippen LogP contribution in [0, 0.1) is 5.82 Å². The van der Waals surface area contributed by atoms with Crippen LogP contribution < -0.4 is 5.32 Å². The van der Waals surface area contributed by atoms with E-state index in [9.17, 15) is 18.0 Å². The first-order valence-electron chi connectivity index (χ1n) is 7.82. The van der Waals surface area contributed by atoms with Gasteiger partial charge in [0, 0.05) is 11.3 Å². The molecule has 1 unspecified atom stereocenters. The topological polar surface area (TPSA) is 32.3 Å². The monoisotopic (exact) mass is 346 g/mol. The summed E-state index contributed by atoms with van der Waals surface area (Å²) < 4.78 is 40.4. The summed E-state index contributed by atoms with van der Waals surface area (Å²) in [4.78, 5) is 13.7. The predicted octanol–water partition coefficient (Wildman–Crippen LogP) is 4.76. The van der Waals surface area contributed by atoms with Crippen molar-refractivity contribution in [2.45, 2.75) is 18.4 Å². The van der Waals surface area contributed by atoms with Gasteiger partial charge in [0.15, 0.2) is 0 Å². The number of amides is 2. The van der Waals surface area contributed by atoms with E-state index in [2.05, 4.69) is 11.9 Å². The Morgan fingerprint density at radius 3 is 2.56 bits per heavy atom. The normalized spacial score (nSPS) is 19.5. The van der Waals surface area contributed by atoms with Gasteiger partial charge < -0.3 is 10.2 Å². The fourth-order valence-corrected chi connectivity index (χ4v) is 3.42. The quantitative estimate of drug-likeness (QED) is 0.778. The molecule has 0 spiro atoms. The largest absolute Gasteiger partial charge is 0.323 e. The molecular weight excluding hydrogens is 329 g/mol. The molecule has 1 heterocycles. The van der Waals surface area contributed by atoms with E-state index in [0.29, 0.717) is 16.8 Å². The zero-order valence-electron chi connectivity index (χ0n) is 13.4. The number of hydrogen-bond donors (Lipinski definition) is 1. The first kappa shape index (κ1) is 17.1. The van der Waals surface area contributed by atoms with Crippen LogP contribution in [0.4, 0.5) is 23.7 Å². The first-order valence-corrected chi connectivity index (χ1v) is 7.82. The van der Waals surface area contributed by atoms with E-state index in [1.54, 1.807) is 36.4 Å². The van der Waals surface area contributed by atoms with Gasteiger partial charge in [-0.15, -0.1) is 6.58 Å². The molecule has 6 heteroatoms. The van der Waals surface area contributed by atoms with Crippen LogP contribution in [-0.2, 0) is 5.54 Å². The lowest BCUT2D eigenvalue weighted by Gasteiger charge is -2.48. The summed E-state index contributed by atoms with van der Waals surface area (Å²) in [6.07, 6.45) is -0.999. The Balaban J connectivity index is 2.32. The molecule has 3 rings (SSSR count). The number of rotatable bonds is 5. The maximum absolute atomic E-state index is 14.0. The highest BCUT2D eigenvalue weighted by atomic mass is 19.3. The van der Waals surface area contributed by atoms with Crippen molar-refractivity contribution in [2.24, 2.45) is 0 Å². The Kier molecular flexibility index (Phi) is 4.53. The molecule has 0 fully saturated rings. The van der Waals surface area contributed by atoms with Crippen LogP contribution in [0.3, 0.4) is 0 Å². The minimum absolute atomic E-state index is 0.174. The number of benzene rings is 2. The molecule has 1 N–H and O–H groups in total.